The molecule has 1 aromatic heterocycles. The SMILES string of the molecule is c1ccc(-n2c3ccccc3c3ccc(-c4cccc(-c5ccc(N(c6ccc7c(c6)-c6ccccc6C76c7ccccc7-c7ccccc76)c6ccc7c8ccccc8c8ccccc8c7c6)cc5)c4)cc32)cc1. The predicted molar refractivity (Wildman–Crippen MR) is 315 cm³/mol. The Hall–Kier alpha value is -9.76. The van der Waals surface area contributed by atoms with Gasteiger partial charge in [-0.25, -0.2) is 0 Å². The number of fused-ring (bicyclic) bond motifs is 19. The third kappa shape index (κ3) is 6.02. The van der Waals surface area contributed by atoms with Gasteiger partial charge in [0.15, 0.2) is 0 Å². The van der Waals surface area contributed by atoms with E-state index in [1.54, 1.807) is 0 Å². The first-order valence-electron chi connectivity index (χ1n) is 26.1. The van der Waals surface area contributed by atoms with E-state index in [-0.39, 0.29) is 0 Å². The molecule has 0 saturated carbocycles. The number of para-hydroxylation sites is 2. The number of hydrogen-bond donors (Lipinski definition) is 0. The van der Waals surface area contributed by atoms with E-state index < -0.39 is 5.41 Å². The van der Waals surface area contributed by atoms with Gasteiger partial charge in [0.05, 0.1) is 16.4 Å². The largest absolute Gasteiger partial charge is 0.310 e. The zero-order valence-corrected chi connectivity index (χ0v) is 41.0. The van der Waals surface area contributed by atoms with Gasteiger partial charge in [0.25, 0.3) is 0 Å². The molecule has 2 heteroatoms. The van der Waals surface area contributed by atoms with Crippen molar-refractivity contribution in [1.82, 2.24) is 4.57 Å². The minimum atomic E-state index is -0.409. The molecule has 75 heavy (non-hydrogen) atoms. The van der Waals surface area contributed by atoms with Crippen molar-refractivity contribution in [2.45, 2.75) is 5.41 Å². The molecule has 0 unspecified atom stereocenters. The van der Waals surface area contributed by atoms with Gasteiger partial charge in [-0.05, 0) is 166 Å². The van der Waals surface area contributed by atoms with E-state index >= 15 is 0 Å². The zero-order chi connectivity index (χ0) is 49.2. The monoisotopic (exact) mass is 950 g/mol. The lowest BCUT2D eigenvalue weighted by molar-refractivity contribution is 0.794. The number of benzene rings is 13. The Balaban J connectivity index is 0.852. The fourth-order valence-corrected chi connectivity index (χ4v) is 13.4. The van der Waals surface area contributed by atoms with Crippen molar-refractivity contribution in [2.24, 2.45) is 0 Å². The molecule has 16 rings (SSSR count). The first kappa shape index (κ1) is 41.8. The van der Waals surface area contributed by atoms with Crippen molar-refractivity contribution < 1.29 is 0 Å². The highest BCUT2D eigenvalue weighted by Gasteiger charge is 2.51. The summed E-state index contributed by atoms with van der Waals surface area (Å²) in [6.07, 6.45) is 0. The van der Waals surface area contributed by atoms with Crippen molar-refractivity contribution in [3.05, 3.63) is 301 Å². The van der Waals surface area contributed by atoms with E-state index in [1.165, 1.54) is 121 Å². The van der Waals surface area contributed by atoms with Crippen LogP contribution < -0.4 is 4.90 Å². The van der Waals surface area contributed by atoms with Gasteiger partial charge < -0.3 is 9.47 Å². The number of rotatable bonds is 6. The zero-order valence-electron chi connectivity index (χ0n) is 41.0. The van der Waals surface area contributed by atoms with Crippen LogP contribution in [0.1, 0.15) is 22.3 Å². The van der Waals surface area contributed by atoms with Gasteiger partial charge in [-0.2, -0.15) is 0 Å². The van der Waals surface area contributed by atoms with Crippen LogP contribution in [0.3, 0.4) is 0 Å². The Morgan fingerprint density at radius 2 is 0.680 bits per heavy atom. The highest BCUT2D eigenvalue weighted by molar-refractivity contribution is 6.26. The fourth-order valence-electron chi connectivity index (χ4n) is 13.4. The van der Waals surface area contributed by atoms with Gasteiger partial charge in [-0.1, -0.05) is 212 Å². The lowest BCUT2D eigenvalue weighted by Crippen LogP contribution is -2.25. The minimum Gasteiger partial charge on any atom is -0.310 e. The third-order valence-corrected chi connectivity index (χ3v) is 16.6. The molecular weight excluding hydrogens is 905 g/mol. The van der Waals surface area contributed by atoms with Crippen LogP contribution in [-0.2, 0) is 5.41 Å². The molecule has 1 heterocycles. The smallest absolute Gasteiger partial charge is 0.0725 e. The molecule has 14 aromatic rings. The van der Waals surface area contributed by atoms with Crippen molar-refractivity contribution in [2.75, 3.05) is 4.90 Å². The fraction of sp³-hybridized carbons (Fsp3) is 0.0137. The molecule has 13 aromatic carbocycles. The van der Waals surface area contributed by atoms with Gasteiger partial charge in [-0.15, -0.1) is 0 Å². The molecule has 0 amide bonds. The van der Waals surface area contributed by atoms with Crippen molar-refractivity contribution in [1.29, 1.82) is 0 Å². The standard InChI is InChI=1S/C73H46N2/c1-2-19-51(20-3-1)75-71-32-15-11-28-63(71)64-40-35-50(44-72(64)75)49-18-16-17-48(43-49)47-33-36-52(37-34-47)74(53-38-41-59-57-23-5-4-21-55(57)56-22-6-7-24-58(56)65(59)45-53)54-39-42-70-66(46-54)62-27-10-14-31-69(62)73(70)67-29-12-8-25-60(67)61-26-9-13-30-68(61)73/h1-46H. The number of nitrogens with zero attached hydrogens (tertiary/aromatic N) is 2. The number of hydrogen-bond acceptors (Lipinski definition) is 1. The summed E-state index contributed by atoms with van der Waals surface area (Å²) in [5.74, 6) is 0. The Kier molecular flexibility index (Phi) is 8.99. The summed E-state index contributed by atoms with van der Waals surface area (Å²) in [6.45, 7) is 0. The summed E-state index contributed by atoms with van der Waals surface area (Å²) in [6, 6.07) is 104. The van der Waals surface area contributed by atoms with E-state index in [1.807, 2.05) is 0 Å². The maximum absolute atomic E-state index is 2.47. The van der Waals surface area contributed by atoms with Crippen LogP contribution in [0.25, 0.3) is 104 Å². The molecule has 0 aliphatic heterocycles. The van der Waals surface area contributed by atoms with Crippen molar-refractivity contribution in [3.8, 4) is 50.2 Å². The van der Waals surface area contributed by atoms with E-state index in [9.17, 15) is 0 Å². The van der Waals surface area contributed by atoms with Crippen LogP contribution in [-0.4, -0.2) is 4.57 Å². The van der Waals surface area contributed by atoms with Gasteiger partial charge in [0.2, 0.25) is 0 Å². The topological polar surface area (TPSA) is 8.17 Å². The predicted octanol–water partition coefficient (Wildman–Crippen LogP) is 19.4. The van der Waals surface area contributed by atoms with E-state index in [0.29, 0.717) is 0 Å². The van der Waals surface area contributed by atoms with Gasteiger partial charge in [0.1, 0.15) is 0 Å². The van der Waals surface area contributed by atoms with Crippen LogP contribution in [0.5, 0.6) is 0 Å². The highest BCUT2D eigenvalue weighted by Crippen LogP contribution is 2.63. The van der Waals surface area contributed by atoms with Gasteiger partial charge in [-0.3, -0.25) is 0 Å². The molecule has 2 aliphatic carbocycles. The summed E-state index contributed by atoms with van der Waals surface area (Å²) < 4.78 is 2.40. The van der Waals surface area contributed by atoms with Gasteiger partial charge >= 0.3 is 0 Å². The Labute approximate surface area is 435 Å². The highest BCUT2D eigenvalue weighted by atomic mass is 15.1. The average Bonchev–Trinajstić information content (AvgIpc) is 4.09. The molecule has 2 nitrogen and oxygen atoms in total. The average molecular weight is 951 g/mol. The summed E-state index contributed by atoms with van der Waals surface area (Å²) in [5, 5.41) is 10.1. The van der Waals surface area contributed by atoms with Crippen molar-refractivity contribution in [3.63, 3.8) is 0 Å². The Morgan fingerprint density at radius 1 is 0.240 bits per heavy atom. The molecule has 1 spiro atoms. The number of anilines is 3. The van der Waals surface area contributed by atoms with Gasteiger partial charge in [0, 0.05) is 33.5 Å². The maximum Gasteiger partial charge on any atom is 0.0725 e. The molecule has 348 valence electrons. The second kappa shape index (κ2) is 16.1. The summed E-state index contributed by atoms with van der Waals surface area (Å²) >= 11 is 0. The van der Waals surface area contributed by atoms with Crippen molar-refractivity contribution >= 4 is 71.2 Å². The summed E-state index contributed by atoms with van der Waals surface area (Å²) in [7, 11) is 0. The normalized spacial score (nSPS) is 12.9. The third-order valence-electron chi connectivity index (χ3n) is 16.6. The first-order valence-corrected chi connectivity index (χ1v) is 26.1. The van der Waals surface area contributed by atoms with Crippen LogP contribution in [0, 0.1) is 0 Å². The lowest BCUT2D eigenvalue weighted by atomic mass is 9.70. The Morgan fingerprint density at radius 3 is 1.35 bits per heavy atom. The molecule has 0 N–H and O–H groups in total. The maximum atomic E-state index is 2.47. The molecule has 0 fully saturated rings. The second-order valence-corrected chi connectivity index (χ2v) is 20.3. The summed E-state index contributed by atoms with van der Waals surface area (Å²) in [4.78, 5) is 2.47. The van der Waals surface area contributed by atoms with E-state index in [0.717, 1.165) is 22.7 Å². The Bertz CT molecular complexity index is 4570. The summed E-state index contributed by atoms with van der Waals surface area (Å²) in [5.41, 5.74) is 21.8. The van der Waals surface area contributed by atoms with E-state index in [2.05, 4.69) is 289 Å². The minimum absolute atomic E-state index is 0.409. The van der Waals surface area contributed by atoms with Crippen LogP contribution in [0.2, 0.25) is 0 Å². The lowest BCUT2D eigenvalue weighted by Gasteiger charge is -2.31. The molecule has 0 bridgehead atoms. The van der Waals surface area contributed by atoms with Crippen LogP contribution in [0.15, 0.2) is 279 Å². The quantitative estimate of drug-likeness (QED) is 0.151. The molecule has 2 aliphatic rings. The van der Waals surface area contributed by atoms with Crippen LogP contribution >= 0.6 is 0 Å². The second-order valence-electron chi connectivity index (χ2n) is 20.3. The molecule has 0 radical (unpaired) electrons. The number of aromatic nitrogens is 1. The van der Waals surface area contributed by atoms with E-state index in [4.69, 9.17) is 0 Å². The molecule has 0 atom stereocenters. The molecule has 0 saturated heterocycles. The molecular formula is C73H46N2. The van der Waals surface area contributed by atoms with Crippen LogP contribution in [0.4, 0.5) is 17.1 Å². The first-order chi connectivity index (χ1) is 37.2.